The maximum atomic E-state index is 13.9. The fraction of sp³-hybridized carbons (Fsp3) is 0.357. The van der Waals surface area contributed by atoms with Crippen molar-refractivity contribution in [3.05, 3.63) is 82.0 Å². The molecule has 0 aliphatic rings. The van der Waals surface area contributed by atoms with Crippen LogP contribution in [0, 0.1) is 6.92 Å². The van der Waals surface area contributed by atoms with E-state index in [-0.39, 0.29) is 23.9 Å². The van der Waals surface area contributed by atoms with Crippen molar-refractivity contribution in [1.29, 1.82) is 0 Å². The zero-order chi connectivity index (χ0) is 25.7. The molecule has 2 amide bonds. The smallest absolute Gasteiger partial charge is 0.248 e. The zero-order valence-electron chi connectivity index (χ0n) is 21.3. The number of rotatable bonds is 10. The quantitative estimate of drug-likeness (QED) is 0.333. The van der Waals surface area contributed by atoms with E-state index in [1.54, 1.807) is 9.58 Å². The number of benzene rings is 2. The van der Waals surface area contributed by atoms with Crippen LogP contribution in [0.2, 0.25) is 0 Å². The lowest BCUT2D eigenvalue weighted by molar-refractivity contribution is -0.142. The van der Waals surface area contributed by atoms with Crippen LogP contribution in [0.4, 0.5) is 0 Å². The van der Waals surface area contributed by atoms with Gasteiger partial charge in [-0.3, -0.25) is 9.59 Å². The molecule has 188 valence electrons. The molecule has 0 aliphatic carbocycles. The molecule has 2 aromatic carbocycles. The van der Waals surface area contributed by atoms with Crippen LogP contribution in [0.1, 0.15) is 49.2 Å². The van der Waals surface area contributed by atoms with Crippen LogP contribution in [0.5, 0.6) is 0 Å². The highest BCUT2D eigenvalue weighted by molar-refractivity contribution is 7.10. The first kappa shape index (κ1) is 25.6. The molecule has 7 nitrogen and oxygen atoms in total. The number of nitrogens with zero attached hydrogens (tertiary/aromatic N) is 4. The lowest BCUT2D eigenvalue weighted by Gasteiger charge is -2.34. The Morgan fingerprint density at radius 1 is 1.11 bits per heavy atom. The third-order valence-corrected chi connectivity index (χ3v) is 7.39. The number of carbonyl (C=O) groups excluding carboxylic acids is 2. The van der Waals surface area contributed by atoms with E-state index in [1.165, 1.54) is 11.3 Å². The highest BCUT2D eigenvalue weighted by Crippen LogP contribution is 2.28. The summed E-state index contributed by atoms with van der Waals surface area (Å²) < 4.78 is 1.61. The van der Waals surface area contributed by atoms with Gasteiger partial charge in [0, 0.05) is 17.0 Å². The van der Waals surface area contributed by atoms with E-state index in [2.05, 4.69) is 40.8 Å². The van der Waals surface area contributed by atoms with Gasteiger partial charge in [0.25, 0.3) is 0 Å². The van der Waals surface area contributed by atoms with E-state index in [0.29, 0.717) is 13.0 Å². The van der Waals surface area contributed by atoms with Gasteiger partial charge in [0.2, 0.25) is 11.8 Å². The molecule has 1 N–H and O–H groups in total. The van der Waals surface area contributed by atoms with Crippen LogP contribution in [0.3, 0.4) is 0 Å². The average molecular weight is 504 g/mol. The summed E-state index contributed by atoms with van der Waals surface area (Å²) in [6.45, 7) is 8.49. The Labute approximate surface area is 216 Å². The van der Waals surface area contributed by atoms with E-state index in [0.717, 1.165) is 33.5 Å². The number of carbonyl (C=O) groups is 2. The summed E-state index contributed by atoms with van der Waals surface area (Å²) >= 11 is 1.48. The second-order valence-electron chi connectivity index (χ2n) is 9.71. The lowest BCUT2D eigenvalue weighted by Crippen LogP contribution is -2.51. The molecular formula is C28H33N5O2S. The second-order valence-corrected chi connectivity index (χ2v) is 10.7. The lowest BCUT2D eigenvalue weighted by atomic mass is 10.0. The first-order valence-corrected chi connectivity index (χ1v) is 13.1. The van der Waals surface area contributed by atoms with Crippen molar-refractivity contribution < 1.29 is 9.59 Å². The monoisotopic (exact) mass is 503 g/mol. The predicted octanol–water partition coefficient (Wildman–Crippen LogP) is 4.92. The minimum Gasteiger partial charge on any atom is -0.349 e. The number of hydrogen-bond acceptors (Lipinski definition) is 5. The molecule has 0 aliphatic heterocycles. The predicted molar refractivity (Wildman–Crippen MR) is 144 cm³/mol. The molecule has 36 heavy (non-hydrogen) atoms. The molecule has 0 fully saturated rings. The van der Waals surface area contributed by atoms with Gasteiger partial charge < -0.3 is 10.2 Å². The molecule has 2 aromatic heterocycles. The number of aryl methyl sites for hydroxylation is 1. The summed E-state index contributed by atoms with van der Waals surface area (Å²) in [5, 5.41) is 13.5. The highest BCUT2D eigenvalue weighted by Gasteiger charge is 2.34. The van der Waals surface area contributed by atoms with Crippen molar-refractivity contribution in [2.45, 2.75) is 58.7 Å². The van der Waals surface area contributed by atoms with Gasteiger partial charge in [0.1, 0.15) is 18.1 Å². The largest absolute Gasteiger partial charge is 0.349 e. The Morgan fingerprint density at radius 3 is 2.64 bits per heavy atom. The van der Waals surface area contributed by atoms with Crippen LogP contribution < -0.4 is 5.32 Å². The highest BCUT2D eigenvalue weighted by atomic mass is 32.1. The normalized spacial score (nSPS) is 12.4. The average Bonchev–Trinajstić information content (AvgIpc) is 3.52. The Hall–Kier alpha value is -3.52. The van der Waals surface area contributed by atoms with Gasteiger partial charge >= 0.3 is 0 Å². The van der Waals surface area contributed by atoms with E-state index in [1.807, 2.05) is 68.6 Å². The molecule has 0 spiro atoms. The number of aromatic nitrogens is 3. The SMILES string of the molecule is CCC(C)(C)NC(=O)[C@@H](c1cccs1)N(CCc1cccc(C)c1)C(=O)Cn1nnc2ccccc21. The molecular weight excluding hydrogens is 470 g/mol. The van der Waals surface area contributed by atoms with E-state index < -0.39 is 6.04 Å². The first-order valence-electron chi connectivity index (χ1n) is 12.3. The van der Waals surface area contributed by atoms with Gasteiger partial charge in [-0.15, -0.1) is 16.4 Å². The maximum Gasteiger partial charge on any atom is 0.248 e. The third-order valence-electron chi connectivity index (χ3n) is 6.47. The zero-order valence-corrected chi connectivity index (χ0v) is 22.1. The van der Waals surface area contributed by atoms with Crippen molar-refractivity contribution in [1.82, 2.24) is 25.2 Å². The standard InChI is InChI=1S/C28H33N5O2S/c1-5-28(3,4)29-27(35)26(24-14-9-17-36-24)32(16-15-21-11-8-10-20(2)18-21)25(34)19-33-23-13-7-6-12-22(23)30-31-33/h6-14,17-18,26H,5,15-16,19H2,1-4H3,(H,29,35)/t26-/m1/s1. The van der Waals surface area contributed by atoms with Crippen LogP contribution in [0.25, 0.3) is 11.0 Å². The summed E-state index contributed by atoms with van der Waals surface area (Å²) in [6.07, 6.45) is 1.41. The maximum absolute atomic E-state index is 13.9. The number of hydrogen-bond donors (Lipinski definition) is 1. The Bertz CT molecular complexity index is 1330. The minimum absolute atomic E-state index is 0.000651. The van der Waals surface area contributed by atoms with Gasteiger partial charge in [-0.25, -0.2) is 4.68 Å². The van der Waals surface area contributed by atoms with Gasteiger partial charge in [0.15, 0.2) is 0 Å². The minimum atomic E-state index is -0.733. The van der Waals surface area contributed by atoms with Crippen LogP contribution in [0.15, 0.2) is 66.0 Å². The first-order chi connectivity index (χ1) is 17.3. The number of amides is 2. The van der Waals surface area contributed by atoms with Crippen molar-refractivity contribution in [3.8, 4) is 0 Å². The summed E-state index contributed by atoms with van der Waals surface area (Å²) in [5.41, 5.74) is 3.41. The fourth-order valence-electron chi connectivity index (χ4n) is 4.13. The summed E-state index contributed by atoms with van der Waals surface area (Å²) in [7, 11) is 0. The van der Waals surface area contributed by atoms with Crippen LogP contribution in [-0.4, -0.2) is 43.8 Å². The van der Waals surface area contributed by atoms with Crippen molar-refractivity contribution in [2.75, 3.05) is 6.54 Å². The Morgan fingerprint density at radius 2 is 1.92 bits per heavy atom. The van der Waals surface area contributed by atoms with Crippen molar-refractivity contribution in [2.24, 2.45) is 0 Å². The summed E-state index contributed by atoms with van der Waals surface area (Å²) in [5.74, 6) is -0.355. The van der Waals surface area contributed by atoms with Crippen LogP contribution in [-0.2, 0) is 22.6 Å². The Kier molecular flexibility index (Phi) is 7.84. The molecule has 1 atom stereocenters. The summed E-state index contributed by atoms with van der Waals surface area (Å²) in [4.78, 5) is 30.1. The van der Waals surface area contributed by atoms with E-state index in [9.17, 15) is 9.59 Å². The second kappa shape index (κ2) is 11.0. The molecule has 0 saturated carbocycles. The topological polar surface area (TPSA) is 80.1 Å². The molecule has 0 radical (unpaired) electrons. The van der Waals surface area contributed by atoms with Crippen molar-refractivity contribution in [3.63, 3.8) is 0 Å². The molecule has 8 heteroatoms. The van der Waals surface area contributed by atoms with Gasteiger partial charge in [-0.05, 0) is 62.8 Å². The molecule has 0 saturated heterocycles. The van der Waals surface area contributed by atoms with Crippen molar-refractivity contribution >= 4 is 34.2 Å². The van der Waals surface area contributed by atoms with Crippen LogP contribution >= 0.6 is 11.3 Å². The number of para-hydroxylation sites is 1. The molecule has 2 heterocycles. The summed E-state index contributed by atoms with van der Waals surface area (Å²) in [6, 6.07) is 18.9. The number of nitrogens with one attached hydrogen (secondary N) is 1. The Balaban J connectivity index is 1.68. The van der Waals surface area contributed by atoms with Gasteiger partial charge in [-0.2, -0.15) is 0 Å². The van der Waals surface area contributed by atoms with E-state index >= 15 is 0 Å². The molecule has 0 bridgehead atoms. The third kappa shape index (κ3) is 5.99. The van der Waals surface area contributed by atoms with Gasteiger partial charge in [0.05, 0.1) is 5.52 Å². The molecule has 4 aromatic rings. The fourth-order valence-corrected chi connectivity index (χ4v) is 4.96. The molecule has 4 rings (SSSR count). The van der Waals surface area contributed by atoms with Gasteiger partial charge in [-0.1, -0.05) is 60.2 Å². The molecule has 0 unspecified atom stereocenters. The number of thiophene rings is 1. The number of fused-ring (bicyclic) bond motifs is 1. The van der Waals surface area contributed by atoms with E-state index in [4.69, 9.17) is 0 Å².